The molecule has 5 heterocycles. The first-order valence-electron chi connectivity index (χ1n) is 10.3. The standard InChI is InChI=1S/C21H21ClN8OS/c1-10-8-32-20(26-10)21(9-23)12-6-30(7-13(12)21)14-5-25-17-16(28-29-18(17)27-14)11-3-4-24-19(31-2)15(11)22/h3-5,8,12-13H,6-7,9,23H2,1-2H3,(H,27,28,29)/t12-,13+,21?. The average Bonchev–Trinajstić information content (AvgIpc) is 3.29. The predicted molar refractivity (Wildman–Crippen MR) is 123 cm³/mol. The Balaban J connectivity index is 1.27. The second-order valence-electron chi connectivity index (χ2n) is 8.34. The van der Waals surface area contributed by atoms with Crippen LogP contribution in [-0.4, -0.2) is 56.9 Å². The molecule has 0 bridgehead atoms. The number of aryl methyl sites for hydroxylation is 1. The number of hydrogen-bond acceptors (Lipinski definition) is 9. The topological polar surface area (TPSA) is 119 Å². The highest BCUT2D eigenvalue weighted by molar-refractivity contribution is 7.09. The third kappa shape index (κ3) is 2.69. The van der Waals surface area contributed by atoms with Crippen molar-refractivity contribution in [1.29, 1.82) is 0 Å². The molecule has 0 amide bonds. The fourth-order valence-corrected chi connectivity index (χ4v) is 6.49. The van der Waals surface area contributed by atoms with Crippen LogP contribution in [0.15, 0.2) is 23.8 Å². The number of nitrogens with two attached hydrogens (primary N) is 1. The molecule has 11 heteroatoms. The van der Waals surface area contributed by atoms with Crippen LogP contribution in [0.1, 0.15) is 10.7 Å². The number of ether oxygens (including phenoxy) is 1. The molecule has 1 saturated carbocycles. The van der Waals surface area contributed by atoms with E-state index in [1.165, 1.54) is 12.1 Å². The van der Waals surface area contributed by atoms with E-state index in [-0.39, 0.29) is 5.41 Å². The van der Waals surface area contributed by atoms with Crippen LogP contribution in [0.2, 0.25) is 5.02 Å². The summed E-state index contributed by atoms with van der Waals surface area (Å²) in [6, 6.07) is 1.79. The second-order valence-corrected chi connectivity index (χ2v) is 9.57. The third-order valence-electron chi connectivity index (χ3n) is 6.78. The molecule has 2 aliphatic rings. The molecule has 0 radical (unpaired) electrons. The Hall–Kier alpha value is -2.82. The first kappa shape index (κ1) is 19.8. The van der Waals surface area contributed by atoms with Crippen molar-refractivity contribution >= 4 is 39.9 Å². The third-order valence-corrected chi connectivity index (χ3v) is 8.30. The Labute approximate surface area is 193 Å². The van der Waals surface area contributed by atoms with Gasteiger partial charge in [0.05, 0.1) is 13.3 Å². The monoisotopic (exact) mass is 468 g/mol. The number of methoxy groups -OCH3 is 1. The summed E-state index contributed by atoms with van der Waals surface area (Å²) in [5.41, 5.74) is 9.91. The van der Waals surface area contributed by atoms with Crippen LogP contribution in [0, 0.1) is 18.8 Å². The smallest absolute Gasteiger partial charge is 0.232 e. The number of fused-ring (bicyclic) bond motifs is 2. The SMILES string of the molecule is COc1nccc(-c2n[nH]c3nc(N4C[C@@H]5[C@H](C4)C5(CN)c4nc(C)cs4)cnc23)c1Cl. The van der Waals surface area contributed by atoms with Crippen LogP contribution >= 0.6 is 22.9 Å². The fourth-order valence-electron chi connectivity index (χ4n) is 5.08. The number of aromatic nitrogens is 6. The van der Waals surface area contributed by atoms with Gasteiger partial charge < -0.3 is 15.4 Å². The predicted octanol–water partition coefficient (Wildman–Crippen LogP) is 2.80. The maximum absolute atomic E-state index is 6.44. The van der Waals surface area contributed by atoms with Crippen molar-refractivity contribution in [2.75, 3.05) is 31.6 Å². The number of halogens is 1. The number of pyridine rings is 1. The molecule has 1 aliphatic heterocycles. The minimum atomic E-state index is 0.0191. The largest absolute Gasteiger partial charge is 0.480 e. The number of rotatable bonds is 5. The minimum absolute atomic E-state index is 0.0191. The number of thiazole rings is 1. The number of nitrogens with zero attached hydrogens (tertiary/aromatic N) is 6. The van der Waals surface area contributed by atoms with Gasteiger partial charge in [-0.15, -0.1) is 11.3 Å². The van der Waals surface area contributed by atoms with Gasteiger partial charge in [0, 0.05) is 47.9 Å². The van der Waals surface area contributed by atoms with Crippen molar-refractivity contribution < 1.29 is 4.74 Å². The molecule has 2 fully saturated rings. The summed E-state index contributed by atoms with van der Waals surface area (Å²) >= 11 is 8.17. The fraction of sp³-hybridized carbons (Fsp3) is 0.381. The van der Waals surface area contributed by atoms with Crippen LogP contribution in [0.3, 0.4) is 0 Å². The lowest BCUT2D eigenvalue weighted by Crippen LogP contribution is -2.35. The van der Waals surface area contributed by atoms with E-state index < -0.39 is 0 Å². The molecule has 4 aromatic heterocycles. The molecule has 164 valence electrons. The molecular weight excluding hydrogens is 448 g/mol. The van der Waals surface area contributed by atoms with Gasteiger partial charge in [-0.25, -0.2) is 19.9 Å². The van der Waals surface area contributed by atoms with Crippen molar-refractivity contribution in [3.05, 3.63) is 39.6 Å². The maximum atomic E-state index is 6.44. The number of H-pyrrole nitrogens is 1. The van der Waals surface area contributed by atoms with Crippen LogP contribution in [-0.2, 0) is 5.41 Å². The second kappa shape index (κ2) is 7.09. The number of aromatic amines is 1. The summed E-state index contributed by atoms with van der Waals surface area (Å²) in [5.74, 6) is 2.17. The molecule has 1 unspecified atom stereocenters. The highest BCUT2D eigenvalue weighted by atomic mass is 35.5. The molecule has 32 heavy (non-hydrogen) atoms. The zero-order chi connectivity index (χ0) is 22.0. The highest BCUT2D eigenvalue weighted by Crippen LogP contribution is 2.63. The van der Waals surface area contributed by atoms with Gasteiger partial charge in [0.2, 0.25) is 5.88 Å². The quantitative estimate of drug-likeness (QED) is 0.459. The van der Waals surface area contributed by atoms with Gasteiger partial charge in [-0.1, -0.05) is 11.6 Å². The van der Waals surface area contributed by atoms with Gasteiger partial charge in [0.15, 0.2) is 5.65 Å². The first-order chi connectivity index (χ1) is 15.6. The van der Waals surface area contributed by atoms with E-state index in [0.717, 1.165) is 24.6 Å². The number of nitrogens with one attached hydrogen (secondary N) is 1. The summed E-state index contributed by atoms with van der Waals surface area (Å²) in [5, 5.41) is 11.1. The van der Waals surface area contributed by atoms with Crippen LogP contribution in [0.5, 0.6) is 5.88 Å². The van der Waals surface area contributed by atoms with Crippen molar-refractivity contribution in [2.45, 2.75) is 12.3 Å². The Kier molecular flexibility index (Phi) is 4.40. The van der Waals surface area contributed by atoms with Crippen LogP contribution < -0.4 is 15.4 Å². The van der Waals surface area contributed by atoms with E-state index in [9.17, 15) is 0 Å². The normalized spacial score (nSPS) is 24.2. The molecule has 1 aliphatic carbocycles. The zero-order valence-electron chi connectivity index (χ0n) is 17.5. The van der Waals surface area contributed by atoms with Gasteiger partial charge in [-0.3, -0.25) is 5.10 Å². The van der Waals surface area contributed by atoms with Crippen LogP contribution in [0.25, 0.3) is 22.4 Å². The molecular formula is C21H21ClN8OS. The number of piperidine rings is 1. The van der Waals surface area contributed by atoms with Crippen molar-refractivity contribution in [3.8, 4) is 17.1 Å². The molecule has 0 spiro atoms. The molecule has 3 N–H and O–H groups in total. The average molecular weight is 469 g/mol. The Bertz CT molecular complexity index is 1320. The molecule has 6 rings (SSSR count). The summed E-state index contributed by atoms with van der Waals surface area (Å²) in [6.45, 7) is 4.46. The van der Waals surface area contributed by atoms with Gasteiger partial charge >= 0.3 is 0 Å². The lowest BCUT2D eigenvalue weighted by Gasteiger charge is -2.25. The molecule has 9 nitrogen and oxygen atoms in total. The van der Waals surface area contributed by atoms with E-state index in [1.54, 1.807) is 29.8 Å². The van der Waals surface area contributed by atoms with Crippen molar-refractivity contribution in [2.24, 2.45) is 17.6 Å². The van der Waals surface area contributed by atoms with Crippen molar-refractivity contribution in [1.82, 2.24) is 30.1 Å². The Morgan fingerprint density at radius 1 is 1.31 bits per heavy atom. The van der Waals surface area contributed by atoms with E-state index in [0.29, 0.717) is 51.7 Å². The molecule has 0 aromatic carbocycles. The highest BCUT2D eigenvalue weighted by Gasteiger charge is 2.69. The van der Waals surface area contributed by atoms with Gasteiger partial charge in [-0.05, 0) is 24.8 Å². The lowest BCUT2D eigenvalue weighted by molar-refractivity contribution is 0.398. The van der Waals surface area contributed by atoms with E-state index in [2.05, 4.69) is 30.4 Å². The van der Waals surface area contributed by atoms with Crippen molar-refractivity contribution in [3.63, 3.8) is 0 Å². The minimum Gasteiger partial charge on any atom is -0.480 e. The van der Waals surface area contributed by atoms with Crippen LogP contribution in [0.4, 0.5) is 5.82 Å². The first-order valence-corrected chi connectivity index (χ1v) is 11.6. The number of anilines is 1. The number of hydrogen-bond donors (Lipinski definition) is 2. The lowest BCUT2D eigenvalue weighted by atomic mass is 10.0. The zero-order valence-corrected chi connectivity index (χ0v) is 19.1. The molecule has 3 atom stereocenters. The van der Waals surface area contributed by atoms with E-state index in [4.69, 9.17) is 32.0 Å². The molecule has 4 aromatic rings. The molecule has 1 saturated heterocycles. The van der Waals surface area contributed by atoms with E-state index >= 15 is 0 Å². The Morgan fingerprint density at radius 2 is 2.12 bits per heavy atom. The van der Waals surface area contributed by atoms with Gasteiger partial charge in [0.25, 0.3) is 0 Å². The van der Waals surface area contributed by atoms with E-state index in [1.807, 2.05) is 6.92 Å². The van der Waals surface area contributed by atoms with Gasteiger partial charge in [-0.2, -0.15) is 5.10 Å². The summed E-state index contributed by atoms with van der Waals surface area (Å²) in [7, 11) is 1.53. The van der Waals surface area contributed by atoms with Gasteiger partial charge in [0.1, 0.15) is 27.1 Å². The summed E-state index contributed by atoms with van der Waals surface area (Å²) in [4.78, 5) is 20.6. The summed E-state index contributed by atoms with van der Waals surface area (Å²) in [6.07, 6.45) is 3.43. The summed E-state index contributed by atoms with van der Waals surface area (Å²) < 4.78 is 5.22. The maximum Gasteiger partial charge on any atom is 0.232 e. The Morgan fingerprint density at radius 3 is 2.81 bits per heavy atom.